The topological polar surface area (TPSA) is 52.6 Å². The van der Waals surface area contributed by atoms with Crippen molar-refractivity contribution < 1.29 is 19.1 Å². The number of halogens is 1. The first kappa shape index (κ1) is 15.0. The minimum atomic E-state index is -0.326. The molecule has 0 radical (unpaired) electrons. The second-order valence-electron chi connectivity index (χ2n) is 4.53. The van der Waals surface area contributed by atoms with Gasteiger partial charge in [-0.3, -0.25) is 9.59 Å². The number of ether oxygens (including phenoxy) is 2. The van der Waals surface area contributed by atoms with Gasteiger partial charge in [0.2, 0.25) is 0 Å². The predicted octanol–water partition coefficient (Wildman–Crippen LogP) is 3.27. The zero-order chi connectivity index (χ0) is 14.5. The van der Waals surface area contributed by atoms with E-state index in [-0.39, 0.29) is 18.2 Å². The number of methoxy groups -OCH3 is 1. The Labute approximate surface area is 131 Å². The summed E-state index contributed by atoms with van der Waals surface area (Å²) in [6.45, 7) is 0. The highest BCUT2D eigenvalue weighted by Gasteiger charge is 2.17. The van der Waals surface area contributed by atoms with Crippen molar-refractivity contribution in [1.82, 2.24) is 0 Å². The van der Waals surface area contributed by atoms with E-state index in [1.54, 1.807) is 6.07 Å². The molecule has 0 spiro atoms. The highest BCUT2D eigenvalue weighted by atomic mass is 127. The van der Waals surface area contributed by atoms with Gasteiger partial charge in [-0.25, -0.2) is 0 Å². The Balaban J connectivity index is 2.03. The van der Waals surface area contributed by atoms with Crippen LogP contribution in [-0.2, 0) is 9.59 Å². The Morgan fingerprint density at radius 1 is 1.35 bits per heavy atom. The number of hydrogen-bond donors (Lipinski definition) is 0. The number of rotatable bonds is 4. The van der Waals surface area contributed by atoms with E-state index >= 15 is 0 Å². The average Bonchev–Trinajstić information content (AvgIpc) is 2.43. The maximum atomic E-state index is 12.0. The van der Waals surface area contributed by atoms with Gasteiger partial charge in [0.25, 0.3) is 0 Å². The fourth-order valence-corrected chi connectivity index (χ4v) is 2.59. The number of Topliss-reactive ketones (excluding diaryl/α,β-unsaturated/α-hetero) is 1. The van der Waals surface area contributed by atoms with E-state index in [1.165, 1.54) is 7.11 Å². The zero-order valence-corrected chi connectivity index (χ0v) is 13.3. The van der Waals surface area contributed by atoms with Crippen molar-refractivity contribution in [2.45, 2.75) is 25.7 Å². The van der Waals surface area contributed by atoms with Crippen LogP contribution in [-0.4, -0.2) is 18.9 Å². The first-order chi connectivity index (χ1) is 9.60. The molecule has 0 N–H and O–H groups in total. The van der Waals surface area contributed by atoms with Gasteiger partial charge in [-0.2, -0.15) is 0 Å². The van der Waals surface area contributed by atoms with Gasteiger partial charge in [-0.15, -0.1) is 0 Å². The summed E-state index contributed by atoms with van der Waals surface area (Å²) in [4.78, 5) is 23.1. The van der Waals surface area contributed by atoms with E-state index in [4.69, 9.17) is 9.47 Å². The summed E-state index contributed by atoms with van der Waals surface area (Å²) in [5.41, 5.74) is 0.972. The molecule has 1 aliphatic rings. The third-order valence-corrected chi connectivity index (χ3v) is 3.93. The van der Waals surface area contributed by atoms with Gasteiger partial charge in [0.05, 0.1) is 17.1 Å². The van der Waals surface area contributed by atoms with E-state index in [2.05, 4.69) is 22.6 Å². The summed E-state index contributed by atoms with van der Waals surface area (Å²) in [7, 11) is 1.54. The lowest BCUT2D eigenvalue weighted by atomic mass is 9.96. The molecule has 0 saturated heterocycles. The molecular formula is C15H15IO4. The molecule has 5 heteroatoms. The van der Waals surface area contributed by atoms with Crippen LogP contribution >= 0.6 is 22.6 Å². The molecule has 0 unspecified atom stereocenters. The third kappa shape index (κ3) is 3.82. The summed E-state index contributed by atoms with van der Waals surface area (Å²) in [6.07, 6.45) is 3.65. The number of carbonyl (C=O) groups is 2. The molecule has 4 nitrogen and oxygen atoms in total. The summed E-state index contributed by atoms with van der Waals surface area (Å²) in [5.74, 6) is 0.889. The molecule has 1 aromatic carbocycles. The molecule has 0 saturated carbocycles. The second kappa shape index (κ2) is 6.88. The molecule has 0 atom stereocenters. The quantitative estimate of drug-likeness (QED) is 0.345. The number of benzene rings is 1. The van der Waals surface area contributed by atoms with Gasteiger partial charge < -0.3 is 9.47 Å². The Bertz CT molecular complexity index is 563. The van der Waals surface area contributed by atoms with Crippen LogP contribution in [0.3, 0.4) is 0 Å². The normalized spacial score (nSPS) is 14.7. The van der Waals surface area contributed by atoms with Crippen molar-refractivity contribution in [2.24, 2.45) is 0 Å². The lowest BCUT2D eigenvalue weighted by Gasteiger charge is -2.13. The molecule has 0 fully saturated rings. The zero-order valence-electron chi connectivity index (χ0n) is 11.1. The standard InChI is InChI=1S/C15H15IO4/c1-19-13-4-2-3-12(16)15(13)20-14(18)9-10-5-7-11(17)8-6-10/h2-5H,6-9H2,1H3. The van der Waals surface area contributed by atoms with E-state index in [1.807, 2.05) is 18.2 Å². The SMILES string of the molecule is COc1cccc(I)c1OC(=O)CC1=CCC(=O)CC1. The van der Waals surface area contributed by atoms with Crippen LogP contribution in [0, 0.1) is 3.57 Å². The molecule has 2 rings (SSSR count). The Morgan fingerprint density at radius 2 is 2.15 bits per heavy atom. The highest BCUT2D eigenvalue weighted by molar-refractivity contribution is 14.1. The Kier molecular flexibility index (Phi) is 5.17. The predicted molar refractivity (Wildman–Crippen MR) is 82.9 cm³/mol. The van der Waals surface area contributed by atoms with E-state index in [0.717, 1.165) is 9.14 Å². The second-order valence-corrected chi connectivity index (χ2v) is 5.69. The van der Waals surface area contributed by atoms with Gasteiger partial charge >= 0.3 is 5.97 Å². The maximum absolute atomic E-state index is 12.0. The van der Waals surface area contributed by atoms with Crippen molar-refractivity contribution in [2.75, 3.05) is 7.11 Å². The van der Waals surface area contributed by atoms with E-state index in [9.17, 15) is 9.59 Å². The Hall–Kier alpha value is -1.37. The van der Waals surface area contributed by atoms with Crippen molar-refractivity contribution in [3.63, 3.8) is 0 Å². The number of allylic oxidation sites excluding steroid dienone is 1. The monoisotopic (exact) mass is 386 g/mol. The number of ketones is 1. The van der Waals surface area contributed by atoms with E-state index in [0.29, 0.717) is 30.8 Å². The van der Waals surface area contributed by atoms with Gasteiger partial charge in [0.1, 0.15) is 5.78 Å². The van der Waals surface area contributed by atoms with Crippen LogP contribution in [0.2, 0.25) is 0 Å². The smallest absolute Gasteiger partial charge is 0.315 e. The first-order valence-electron chi connectivity index (χ1n) is 6.33. The highest BCUT2D eigenvalue weighted by Crippen LogP contribution is 2.32. The molecule has 1 aliphatic carbocycles. The van der Waals surface area contributed by atoms with Crippen molar-refractivity contribution >= 4 is 34.3 Å². The third-order valence-electron chi connectivity index (χ3n) is 3.08. The van der Waals surface area contributed by atoms with Crippen molar-refractivity contribution in [3.05, 3.63) is 33.4 Å². The Morgan fingerprint density at radius 3 is 2.80 bits per heavy atom. The summed E-state index contributed by atoms with van der Waals surface area (Å²) >= 11 is 2.10. The molecular weight excluding hydrogens is 371 g/mol. The lowest BCUT2D eigenvalue weighted by molar-refractivity contribution is -0.134. The fourth-order valence-electron chi connectivity index (χ4n) is 2.01. The van der Waals surface area contributed by atoms with E-state index < -0.39 is 0 Å². The number of hydrogen-bond acceptors (Lipinski definition) is 4. The molecule has 1 aromatic rings. The van der Waals surface area contributed by atoms with Gasteiger partial charge in [0.15, 0.2) is 11.5 Å². The number of carbonyl (C=O) groups excluding carboxylic acids is 2. The molecule has 0 aromatic heterocycles. The van der Waals surface area contributed by atoms with Gasteiger partial charge in [-0.05, 0) is 41.1 Å². The fraction of sp³-hybridized carbons (Fsp3) is 0.333. The lowest BCUT2D eigenvalue weighted by Crippen LogP contribution is -2.13. The molecule has 0 bridgehead atoms. The summed E-state index contributed by atoms with van der Waals surface area (Å²) < 4.78 is 11.4. The van der Waals surface area contributed by atoms with Crippen LogP contribution in [0.4, 0.5) is 0 Å². The van der Waals surface area contributed by atoms with Crippen molar-refractivity contribution in [3.8, 4) is 11.5 Å². The van der Waals surface area contributed by atoms with Crippen LogP contribution in [0.15, 0.2) is 29.8 Å². The number of esters is 1. The van der Waals surface area contributed by atoms with Crippen LogP contribution in [0.25, 0.3) is 0 Å². The number of para-hydroxylation sites is 1. The van der Waals surface area contributed by atoms with Crippen LogP contribution in [0.5, 0.6) is 11.5 Å². The average molecular weight is 386 g/mol. The molecule has 0 aliphatic heterocycles. The minimum Gasteiger partial charge on any atom is -0.493 e. The van der Waals surface area contributed by atoms with Gasteiger partial charge in [0, 0.05) is 12.8 Å². The largest absolute Gasteiger partial charge is 0.493 e. The van der Waals surface area contributed by atoms with Crippen molar-refractivity contribution in [1.29, 1.82) is 0 Å². The molecule has 106 valence electrons. The molecule has 20 heavy (non-hydrogen) atoms. The van der Waals surface area contributed by atoms with Crippen LogP contribution in [0.1, 0.15) is 25.7 Å². The molecule has 0 heterocycles. The maximum Gasteiger partial charge on any atom is 0.315 e. The summed E-state index contributed by atoms with van der Waals surface area (Å²) in [6, 6.07) is 5.45. The molecule has 0 amide bonds. The van der Waals surface area contributed by atoms with Crippen LogP contribution < -0.4 is 9.47 Å². The minimum absolute atomic E-state index is 0.224. The summed E-state index contributed by atoms with van der Waals surface area (Å²) in [5, 5.41) is 0. The van der Waals surface area contributed by atoms with Gasteiger partial charge in [-0.1, -0.05) is 17.7 Å². The first-order valence-corrected chi connectivity index (χ1v) is 7.41.